The molecule has 1 aliphatic rings. The summed E-state index contributed by atoms with van der Waals surface area (Å²) in [5.74, 6) is 0. The fourth-order valence-corrected chi connectivity index (χ4v) is 1.37. The van der Waals surface area contributed by atoms with Crippen LogP contribution in [0.4, 0.5) is 0 Å². The van der Waals surface area contributed by atoms with Gasteiger partial charge in [0, 0.05) is 13.1 Å². The van der Waals surface area contributed by atoms with Gasteiger partial charge in [-0.3, -0.25) is 4.90 Å². The van der Waals surface area contributed by atoms with Crippen LogP contribution in [-0.2, 0) is 0 Å². The predicted molar refractivity (Wildman–Crippen MR) is 60.9 cm³/mol. The molecule has 1 rings (SSSR count). The van der Waals surface area contributed by atoms with Crippen LogP contribution in [0, 0.1) is 0 Å². The molecule has 0 aromatic rings. The minimum atomic E-state index is 1.08. The molecule has 0 atom stereocenters. The maximum Gasteiger partial charge on any atom is 0.0234 e. The maximum atomic E-state index is 3.64. The number of nitrogens with zero attached hydrogens (tertiary/aromatic N) is 1. The van der Waals surface area contributed by atoms with E-state index >= 15 is 0 Å². The lowest BCUT2D eigenvalue weighted by Gasteiger charge is -2.04. The lowest BCUT2D eigenvalue weighted by atomic mass is 10.2. The van der Waals surface area contributed by atoms with E-state index in [1.165, 1.54) is 11.1 Å². The summed E-state index contributed by atoms with van der Waals surface area (Å²) in [7, 11) is 2.14. The van der Waals surface area contributed by atoms with Crippen LogP contribution in [0.3, 0.4) is 0 Å². The van der Waals surface area contributed by atoms with Gasteiger partial charge in [0.25, 0.3) is 0 Å². The monoisotopic (exact) mass is 179 g/mol. The molecule has 0 aromatic carbocycles. The second kappa shape index (κ2) is 6.67. The zero-order chi connectivity index (χ0) is 10.3. The lowest BCUT2D eigenvalue weighted by molar-refractivity contribution is 0.426. The second-order valence-electron chi connectivity index (χ2n) is 3.07. The highest BCUT2D eigenvalue weighted by Gasteiger charge is 2.12. The van der Waals surface area contributed by atoms with E-state index in [4.69, 9.17) is 0 Å². The van der Waals surface area contributed by atoms with E-state index in [1.807, 2.05) is 26.0 Å². The first-order valence-electron chi connectivity index (χ1n) is 4.90. The Morgan fingerprint density at radius 2 is 1.92 bits per heavy atom. The zero-order valence-electron chi connectivity index (χ0n) is 9.30. The lowest BCUT2D eigenvalue weighted by Crippen LogP contribution is -2.14. The average Bonchev–Trinajstić information content (AvgIpc) is 2.45. The molecule has 0 saturated heterocycles. The Balaban J connectivity index is 0.000000671. The molecule has 1 aliphatic heterocycles. The number of allylic oxidation sites excluding steroid dienone is 2. The average molecular weight is 179 g/mol. The van der Waals surface area contributed by atoms with Crippen molar-refractivity contribution in [2.75, 3.05) is 20.1 Å². The highest BCUT2D eigenvalue weighted by Crippen LogP contribution is 2.15. The molecule has 0 unspecified atom stereocenters. The molecule has 1 nitrogen and oxygen atoms in total. The predicted octanol–water partition coefficient (Wildman–Crippen LogP) is 3.02. The first-order valence-corrected chi connectivity index (χ1v) is 4.90. The van der Waals surface area contributed by atoms with Gasteiger partial charge >= 0.3 is 0 Å². The van der Waals surface area contributed by atoms with Crippen LogP contribution in [0.2, 0.25) is 0 Å². The van der Waals surface area contributed by atoms with Crippen molar-refractivity contribution in [3.8, 4) is 0 Å². The summed E-state index contributed by atoms with van der Waals surface area (Å²) in [6.07, 6.45) is 5.96. The van der Waals surface area contributed by atoms with E-state index in [0.717, 1.165) is 13.1 Å². The van der Waals surface area contributed by atoms with E-state index in [1.54, 1.807) is 0 Å². The summed E-state index contributed by atoms with van der Waals surface area (Å²) >= 11 is 0. The van der Waals surface area contributed by atoms with Crippen LogP contribution in [0.25, 0.3) is 0 Å². The normalized spacial score (nSPS) is 17.5. The van der Waals surface area contributed by atoms with Gasteiger partial charge in [-0.15, -0.1) is 0 Å². The van der Waals surface area contributed by atoms with E-state index in [2.05, 4.69) is 31.5 Å². The molecule has 13 heavy (non-hydrogen) atoms. The summed E-state index contributed by atoms with van der Waals surface area (Å²) in [5.41, 5.74) is 2.91. The Morgan fingerprint density at radius 3 is 2.31 bits per heavy atom. The van der Waals surface area contributed by atoms with Gasteiger partial charge in [-0.05, 0) is 19.5 Å². The summed E-state index contributed by atoms with van der Waals surface area (Å²) in [4.78, 5) is 2.30. The molecule has 0 amide bonds. The van der Waals surface area contributed by atoms with Crippen molar-refractivity contribution < 1.29 is 0 Å². The Bertz CT molecular complexity index is 211. The quantitative estimate of drug-likeness (QED) is 0.589. The van der Waals surface area contributed by atoms with Crippen LogP contribution >= 0.6 is 0 Å². The van der Waals surface area contributed by atoms with Crippen molar-refractivity contribution in [1.82, 2.24) is 4.90 Å². The third kappa shape index (κ3) is 4.09. The molecule has 1 heteroatoms. The van der Waals surface area contributed by atoms with Crippen molar-refractivity contribution in [3.05, 3.63) is 36.0 Å². The van der Waals surface area contributed by atoms with Crippen molar-refractivity contribution in [3.63, 3.8) is 0 Å². The second-order valence-corrected chi connectivity index (χ2v) is 3.07. The minimum absolute atomic E-state index is 1.08. The van der Waals surface area contributed by atoms with Crippen LogP contribution in [0.1, 0.15) is 20.8 Å². The van der Waals surface area contributed by atoms with E-state index in [-0.39, 0.29) is 0 Å². The van der Waals surface area contributed by atoms with Crippen molar-refractivity contribution in [2.24, 2.45) is 0 Å². The van der Waals surface area contributed by atoms with E-state index in [9.17, 15) is 0 Å². The third-order valence-electron chi connectivity index (χ3n) is 1.93. The van der Waals surface area contributed by atoms with Gasteiger partial charge in [0.2, 0.25) is 0 Å². The molecule has 0 N–H and O–H groups in total. The topological polar surface area (TPSA) is 3.24 Å². The standard InChI is InChI=1S/C10H15N.C2H6/c1-4-5-6-10-8-11(3)7-9(10)2;1-2/h4-6H,1,7-8H2,2-3H3;1-2H3/b6-5-;. The Hall–Kier alpha value is -0.820. The van der Waals surface area contributed by atoms with Gasteiger partial charge in [-0.2, -0.15) is 0 Å². The highest BCUT2D eigenvalue weighted by molar-refractivity contribution is 5.32. The van der Waals surface area contributed by atoms with Crippen LogP contribution < -0.4 is 0 Å². The Labute approximate surface area is 82.4 Å². The van der Waals surface area contributed by atoms with Gasteiger partial charge in [-0.25, -0.2) is 0 Å². The summed E-state index contributed by atoms with van der Waals surface area (Å²) in [6, 6.07) is 0. The minimum Gasteiger partial charge on any atom is -0.298 e. The molecule has 0 radical (unpaired) electrons. The van der Waals surface area contributed by atoms with Crippen LogP contribution in [-0.4, -0.2) is 25.0 Å². The molecule has 1 heterocycles. The van der Waals surface area contributed by atoms with Crippen LogP contribution in [0.15, 0.2) is 36.0 Å². The number of hydrogen-bond donors (Lipinski definition) is 0. The summed E-state index contributed by atoms with van der Waals surface area (Å²) in [5, 5.41) is 0. The van der Waals surface area contributed by atoms with E-state index < -0.39 is 0 Å². The van der Waals surface area contributed by atoms with Gasteiger partial charge < -0.3 is 0 Å². The van der Waals surface area contributed by atoms with E-state index in [0.29, 0.717) is 0 Å². The fraction of sp³-hybridized carbons (Fsp3) is 0.500. The summed E-state index contributed by atoms with van der Waals surface area (Å²) in [6.45, 7) is 12.0. The molecular formula is C12H21N. The molecule has 0 aromatic heterocycles. The third-order valence-corrected chi connectivity index (χ3v) is 1.93. The molecule has 0 saturated carbocycles. The van der Waals surface area contributed by atoms with Gasteiger partial charge in [0.05, 0.1) is 0 Å². The number of likely N-dealkylation sites (N-methyl/N-ethyl adjacent to an activating group) is 1. The molecule has 0 aliphatic carbocycles. The fourth-order valence-electron chi connectivity index (χ4n) is 1.37. The first kappa shape index (κ1) is 12.2. The number of rotatable bonds is 2. The van der Waals surface area contributed by atoms with Crippen molar-refractivity contribution in [1.29, 1.82) is 0 Å². The van der Waals surface area contributed by atoms with Gasteiger partial charge in [0.1, 0.15) is 0 Å². The number of hydrogen-bond acceptors (Lipinski definition) is 1. The maximum absolute atomic E-state index is 3.64. The highest BCUT2D eigenvalue weighted by atomic mass is 15.1. The van der Waals surface area contributed by atoms with Gasteiger partial charge in [-0.1, -0.05) is 44.2 Å². The molecule has 0 spiro atoms. The van der Waals surface area contributed by atoms with Crippen molar-refractivity contribution in [2.45, 2.75) is 20.8 Å². The molecular weight excluding hydrogens is 158 g/mol. The largest absolute Gasteiger partial charge is 0.298 e. The smallest absolute Gasteiger partial charge is 0.0234 e. The Kier molecular flexibility index (Phi) is 6.25. The van der Waals surface area contributed by atoms with Gasteiger partial charge in [0.15, 0.2) is 0 Å². The molecule has 74 valence electrons. The van der Waals surface area contributed by atoms with Crippen LogP contribution in [0.5, 0.6) is 0 Å². The molecule has 0 fully saturated rings. The summed E-state index contributed by atoms with van der Waals surface area (Å²) < 4.78 is 0. The van der Waals surface area contributed by atoms with Crippen molar-refractivity contribution >= 4 is 0 Å². The zero-order valence-corrected chi connectivity index (χ0v) is 9.30. The SMILES string of the molecule is C=C/C=C\C1=C(C)CN(C)C1.CC. The first-order chi connectivity index (χ1) is 6.24. The molecule has 0 bridgehead atoms. The Morgan fingerprint density at radius 1 is 1.31 bits per heavy atom.